The van der Waals surface area contributed by atoms with Gasteiger partial charge in [0.1, 0.15) is 11.9 Å². The summed E-state index contributed by atoms with van der Waals surface area (Å²) in [5, 5.41) is 7.85. The third-order valence-corrected chi connectivity index (χ3v) is 5.75. The van der Waals surface area contributed by atoms with Crippen LogP contribution in [0, 0.1) is 5.82 Å². The summed E-state index contributed by atoms with van der Waals surface area (Å²) >= 11 is 0. The van der Waals surface area contributed by atoms with Gasteiger partial charge < -0.3 is 20.0 Å². The molecule has 1 aliphatic rings. The number of carbonyl (C=O) groups is 2. The summed E-state index contributed by atoms with van der Waals surface area (Å²) in [4.78, 5) is 31.6. The number of nitrogens with one attached hydrogen (secondary N) is 2. The van der Waals surface area contributed by atoms with Crippen molar-refractivity contribution in [1.82, 2.24) is 9.88 Å². The average Bonchev–Trinajstić information content (AvgIpc) is 3.54. The standard InChI is InChI=1S/C25H21FN4O3/c26-16-5-7-17(8-6-16)28-20-9-10-21(19-15-27-12-11-18(19)20)29-24(31)22-3-1-13-30(22)25(32)23-4-2-14-33-23/h2,4-12,14-15,22,28H,1,3,13H2,(H,29,31)/t22-/m0/s1. The van der Waals surface area contributed by atoms with Crippen LogP contribution in [0.2, 0.25) is 0 Å². The van der Waals surface area contributed by atoms with Gasteiger partial charge in [-0.2, -0.15) is 0 Å². The first-order valence-corrected chi connectivity index (χ1v) is 10.6. The van der Waals surface area contributed by atoms with Crippen LogP contribution in [-0.4, -0.2) is 34.3 Å². The molecule has 1 atom stereocenters. The van der Waals surface area contributed by atoms with Gasteiger partial charge in [-0.15, -0.1) is 0 Å². The number of amides is 2. The van der Waals surface area contributed by atoms with Gasteiger partial charge in [-0.1, -0.05) is 0 Å². The number of halogens is 1. The number of carbonyl (C=O) groups excluding carboxylic acids is 2. The highest BCUT2D eigenvalue weighted by Crippen LogP contribution is 2.32. The van der Waals surface area contributed by atoms with E-state index in [0.717, 1.165) is 28.6 Å². The van der Waals surface area contributed by atoms with Crippen LogP contribution < -0.4 is 10.6 Å². The van der Waals surface area contributed by atoms with E-state index in [-0.39, 0.29) is 23.4 Å². The average molecular weight is 444 g/mol. The number of fused-ring (bicyclic) bond motifs is 1. The molecule has 0 bridgehead atoms. The zero-order chi connectivity index (χ0) is 22.8. The molecule has 1 saturated heterocycles. The van der Waals surface area contributed by atoms with Gasteiger partial charge in [-0.3, -0.25) is 14.6 Å². The molecule has 0 spiro atoms. The third-order valence-electron chi connectivity index (χ3n) is 5.75. The van der Waals surface area contributed by atoms with Gasteiger partial charge in [0.15, 0.2) is 5.76 Å². The molecular weight excluding hydrogens is 423 g/mol. The largest absolute Gasteiger partial charge is 0.459 e. The van der Waals surface area contributed by atoms with Crippen LogP contribution >= 0.6 is 0 Å². The molecule has 1 fully saturated rings. The number of rotatable bonds is 5. The number of hydrogen-bond donors (Lipinski definition) is 2. The van der Waals surface area contributed by atoms with E-state index in [1.807, 2.05) is 12.1 Å². The molecule has 3 heterocycles. The summed E-state index contributed by atoms with van der Waals surface area (Å²) in [6.45, 7) is 0.500. The molecule has 5 rings (SSSR count). The second-order valence-electron chi connectivity index (χ2n) is 7.84. The monoisotopic (exact) mass is 444 g/mol. The molecule has 166 valence electrons. The molecule has 7 nitrogen and oxygen atoms in total. The fourth-order valence-electron chi connectivity index (χ4n) is 4.14. The zero-order valence-corrected chi connectivity index (χ0v) is 17.6. The van der Waals surface area contributed by atoms with Crippen LogP contribution in [0.15, 0.2) is 77.7 Å². The Kier molecular flexibility index (Phi) is 5.48. The summed E-state index contributed by atoms with van der Waals surface area (Å²) in [5.41, 5.74) is 2.14. The van der Waals surface area contributed by atoms with E-state index in [4.69, 9.17) is 4.42 Å². The van der Waals surface area contributed by atoms with Crippen molar-refractivity contribution in [3.8, 4) is 0 Å². The lowest BCUT2D eigenvalue weighted by Crippen LogP contribution is -2.43. The van der Waals surface area contributed by atoms with E-state index in [2.05, 4.69) is 15.6 Å². The Labute approximate surface area is 189 Å². The zero-order valence-electron chi connectivity index (χ0n) is 17.6. The summed E-state index contributed by atoms with van der Waals surface area (Å²) < 4.78 is 18.5. The van der Waals surface area contributed by atoms with E-state index < -0.39 is 6.04 Å². The van der Waals surface area contributed by atoms with Crippen molar-refractivity contribution in [2.45, 2.75) is 18.9 Å². The molecule has 0 aliphatic carbocycles. The fraction of sp³-hybridized carbons (Fsp3) is 0.160. The van der Waals surface area contributed by atoms with Gasteiger partial charge in [-0.05, 0) is 67.4 Å². The minimum absolute atomic E-state index is 0.223. The van der Waals surface area contributed by atoms with Crippen molar-refractivity contribution in [1.29, 1.82) is 0 Å². The number of furan rings is 1. The van der Waals surface area contributed by atoms with Crippen molar-refractivity contribution >= 4 is 39.6 Å². The number of hydrogen-bond acceptors (Lipinski definition) is 5. The number of nitrogens with zero attached hydrogens (tertiary/aromatic N) is 2. The van der Waals surface area contributed by atoms with E-state index in [9.17, 15) is 14.0 Å². The van der Waals surface area contributed by atoms with Crippen LogP contribution in [0.3, 0.4) is 0 Å². The quantitative estimate of drug-likeness (QED) is 0.455. The van der Waals surface area contributed by atoms with Crippen LogP contribution in [0.4, 0.5) is 21.5 Å². The van der Waals surface area contributed by atoms with Gasteiger partial charge in [0.25, 0.3) is 5.91 Å². The number of pyridine rings is 1. The highest BCUT2D eigenvalue weighted by molar-refractivity contribution is 6.08. The van der Waals surface area contributed by atoms with Gasteiger partial charge in [0.05, 0.1) is 12.0 Å². The predicted molar refractivity (Wildman–Crippen MR) is 123 cm³/mol. The minimum atomic E-state index is -0.577. The molecular formula is C25H21FN4O3. The van der Waals surface area contributed by atoms with E-state index in [1.165, 1.54) is 18.4 Å². The molecule has 2 aromatic carbocycles. The molecule has 8 heteroatoms. The minimum Gasteiger partial charge on any atom is -0.459 e. The number of anilines is 3. The Balaban J connectivity index is 1.39. The lowest BCUT2D eigenvalue weighted by molar-refractivity contribution is -0.119. The third kappa shape index (κ3) is 4.15. The predicted octanol–water partition coefficient (Wildman–Crippen LogP) is 4.95. The van der Waals surface area contributed by atoms with Gasteiger partial charge in [-0.25, -0.2) is 4.39 Å². The normalized spacial score (nSPS) is 15.5. The lowest BCUT2D eigenvalue weighted by atomic mass is 10.1. The molecule has 0 unspecified atom stereocenters. The number of benzene rings is 2. The molecule has 0 radical (unpaired) electrons. The molecule has 0 saturated carbocycles. The number of likely N-dealkylation sites (tertiary alicyclic amines) is 1. The Morgan fingerprint density at radius 1 is 1.03 bits per heavy atom. The number of aromatic nitrogens is 1. The van der Waals surface area contributed by atoms with Crippen LogP contribution in [0.1, 0.15) is 23.4 Å². The molecule has 2 amide bonds. The first-order valence-electron chi connectivity index (χ1n) is 10.6. The highest BCUT2D eigenvalue weighted by Gasteiger charge is 2.35. The summed E-state index contributed by atoms with van der Waals surface area (Å²) in [6, 6.07) is 14.2. The molecule has 2 aromatic heterocycles. The van der Waals surface area contributed by atoms with E-state index in [0.29, 0.717) is 18.7 Å². The molecule has 4 aromatic rings. The molecule has 1 aliphatic heterocycles. The van der Waals surface area contributed by atoms with Crippen molar-refractivity contribution in [2.75, 3.05) is 17.2 Å². The second kappa shape index (κ2) is 8.74. The SMILES string of the molecule is O=C(Nc1ccc(Nc2ccc(F)cc2)c2ccncc12)[C@@H]1CCCN1C(=O)c1ccco1. The van der Waals surface area contributed by atoms with Gasteiger partial charge in [0.2, 0.25) is 5.91 Å². The maximum atomic E-state index is 13.2. The van der Waals surface area contributed by atoms with E-state index >= 15 is 0 Å². The van der Waals surface area contributed by atoms with Crippen LogP contribution in [0.5, 0.6) is 0 Å². The maximum absolute atomic E-state index is 13.2. The Morgan fingerprint density at radius 3 is 2.64 bits per heavy atom. The van der Waals surface area contributed by atoms with Gasteiger partial charge in [0, 0.05) is 41.1 Å². The highest BCUT2D eigenvalue weighted by atomic mass is 19.1. The van der Waals surface area contributed by atoms with E-state index in [1.54, 1.807) is 47.6 Å². The Hall–Kier alpha value is -4.20. The molecule has 2 N–H and O–H groups in total. The first-order chi connectivity index (χ1) is 16.1. The topological polar surface area (TPSA) is 87.5 Å². The summed E-state index contributed by atoms with van der Waals surface area (Å²) in [5.74, 6) is -0.625. The Morgan fingerprint density at radius 2 is 1.85 bits per heavy atom. The second-order valence-corrected chi connectivity index (χ2v) is 7.84. The van der Waals surface area contributed by atoms with Crippen molar-refractivity contribution in [3.63, 3.8) is 0 Å². The van der Waals surface area contributed by atoms with Crippen LogP contribution in [-0.2, 0) is 4.79 Å². The molecule has 33 heavy (non-hydrogen) atoms. The lowest BCUT2D eigenvalue weighted by Gasteiger charge is -2.23. The van der Waals surface area contributed by atoms with Crippen molar-refractivity contribution in [2.24, 2.45) is 0 Å². The fourth-order valence-corrected chi connectivity index (χ4v) is 4.14. The maximum Gasteiger partial charge on any atom is 0.290 e. The Bertz CT molecular complexity index is 1310. The smallest absolute Gasteiger partial charge is 0.290 e. The van der Waals surface area contributed by atoms with Crippen molar-refractivity contribution in [3.05, 3.63) is 84.8 Å². The van der Waals surface area contributed by atoms with Crippen molar-refractivity contribution < 1.29 is 18.4 Å². The van der Waals surface area contributed by atoms with Gasteiger partial charge >= 0.3 is 0 Å². The summed E-state index contributed by atoms with van der Waals surface area (Å²) in [6.07, 6.45) is 6.12. The summed E-state index contributed by atoms with van der Waals surface area (Å²) in [7, 11) is 0. The van der Waals surface area contributed by atoms with Crippen LogP contribution in [0.25, 0.3) is 10.8 Å². The first kappa shape index (κ1) is 20.7.